The summed E-state index contributed by atoms with van der Waals surface area (Å²) in [5, 5.41) is 13.4. The molecule has 2 rings (SSSR count). The van der Waals surface area contributed by atoms with E-state index in [0.717, 1.165) is 29.7 Å². The minimum absolute atomic E-state index is 0.239. The molecule has 4 nitrogen and oxygen atoms in total. The lowest BCUT2D eigenvalue weighted by molar-refractivity contribution is 0.411. The van der Waals surface area contributed by atoms with E-state index in [4.69, 9.17) is 10.3 Å². The highest BCUT2D eigenvalue weighted by Gasteiger charge is 2.09. The van der Waals surface area contributed by atoms with E-state index in [1.165, 1.54) is 0 Å². The van der Waals surface area contributed by atoms with E-state index in [9.17, 15) is 5.11 Å². The second kappa shape index (κ2) is 4.81. The largest absolute Gasteiger partial charge is 0.508 e. The normalized spacial score (nSPS) is 10.6. The Kier molecular flexibility index (Phi) is 3.22. The summed E-state index contributed by atoms with van der Waals surface area (Å²) in [6.07, 6.45) is 3.26. The lowest BCUT2D eigenvalue weighted by atomic mass is 10.0. The summed E-state index contributed by atoms with van der Waals surface area (Å²) >= 11 is 0. The van der Waals surface area contributed by atoms with E-state index in [1.54, 1.807) is 24.5 Å². The van der Waals surface area contributed by atoms with E-state index in [1.807, 2.05) is 6.07 Å². The Balaban J connectivity index is 2.29. The lowest BCUT2D eigenvalue weighted by Crippen LogP contribution is -2.01. The number of phenols is 1. The van der Waals surface area contributed by atoms with Gasteiger partial charge in [-0.25, -0.2) is 0 Å². The quantitative estimate of drug-likeness (QED) is 0.822. The summed E-state index contributed by atoms with van der Waals surface area (Å²) in [6.45, 7) is 0.631. The summed E-state index contributed by atoms with van der Waals surface area (Å²) in [5.41, 5.74) is 8.18. The number of benzene rings is 1. The number of aromatic nitrogens is 1. The van der Waals surface area contributed by atoms with Gasteiger partial charge in [0.2, 0.25) is 0 Å². The molecule has 3 N–H and O–H groups in total. The van der Waals surface area contributed by atoms with Gasteiger partial charge in [0.25, 0.3) is 0 Å². The predicted octanol–water partition coefficient (Wildman–Crippen LogP) is 1.94. The molecule has 1 heterocycles. The third kappa shape index (κ3) is 2.23. The molecule has 16 heavy (non-hydrogen) atoms. The molecule has 4 heteroatoms. The zero-order valence-electron chi connectivity index (χ0n) is 8.89. The summed E-state index contributed by atoms with van der Waals surface area (Å²) in [4.78, 5) is 0. The first kappa shape index (κ1) is 10.7. The maximum Gasteiger partial charge on any atom is 0.131 e. The lowest BCUT2D eigenvalue weighted by Gasteiger charge is -2.01. The second-order valence-corrected chi connectivity index (χ2v) is 3.62. The minimum Gasteiger partial charge on any atom is -0.508 e. The van der Waals surface area contributed by atoms with E-state index in [0.29, 0.717) is 6.54 Å². The fourth-order valence-electron chi connectivity index (χ4n) is 1.62. The van der Waals surface area contributed by atoms with Crippen LogP contribution in [0.1, 0.15) is 12.1 Å². The zero-order valence-corrected chi connectivity index (χ0v) is 8.89. The van der Waals surface area contributed by atoms with E-state index in [-0.39, 0.29) is 5.75 Å². The van der Waals surface area contributed by atoms with Crippen molar-refractivity contribution in [1.82, 2.24) is 5.16 Å². The van der Waals surface area contributed by atoms with Gasteiger partial charge in [-0.1, -0.05) is 17.3 Å². The fourth-order valence-corrected chi connectivity index (χ4v) is 1.62. The Bertz CT molecular complexity index is 466. The Morgan fingerprint density at radius 2 is 2.25 bits per heavy atom. The van der Waals surface area contributed by atoms with Gasteiger partial charge in [0.05, 0.1) is 5.69 Å². The van der Waals surface area contributed by atoms with Crippen molar-refractivity contribution in [3.8, 4) is 16.9 Å². The number of phenolic OH excluding ortho intramolecular Hbond substituents is 1. The molecular weight excluding hydrogens is 204 g/mol. The van der Waals surface area contributed by atoms with Crippen LogP contribution in [-0.2, 0) is 6.42 Å². The van der Waals surface area contributed by atoms with Crippen LogP contribution in [0.3, 0.4) is 0 Å². The van der Waals surface area contributed by atoms with E-state index in [2.05, 4.69) is 5.16 Å². The summed E-state index contributed by atoms with van der Waals surface area (Å²) in [7, 11) is 0. The molecule has 0 atom stereocenters. The van der Waals surface area contributed by atoms with Gasteiger partial charge >= 0.3 is 0 Å². The van der Waals surface area contributed by atoms with Crippen LogP contribution in [0.2, 0.25) is 0 Å². The topological polar surface area (TPSA) is 72.3 Å². The van der Waals surface area contributed by atoms with Crippen LogP contribution >= 0.6 is 0 Å². The van der Waals surface area contributed by atoms with Crippen molar-refractivity contribution in [2.75, 3.05) is 6.54 Å². The van der Waals surface area contributed by atoms with Crippen molar-refractivity contribution in [3.05, 3.63) is 36.2 Å². The van der Waals surface area contributed by atoms with Crippen LogP contribution in [-0.4, -0.2) is 16.8 Å². The summed E-state index contributed by atoms with van der Waals surface area (Å²) in [6, 6.07) is 7.04. The molecule has 0 aliphatic rings. The van der Waals surface area contributed by atoms with Gasteiger partial charge in [0.1, 0.15) is 12.0 Å². The highest BCUT2D eigenvalue weighted by atomic mass is 16.5. The third-order valence-electron chi connectivity index (χ3n) is 2.42. The van der Waals surface area contributed by atoms with Crippen molar-refractivity contribution in [3.63, 3.8) is 0 Å². The molecule has 0 saturated carbocycles. The van der Waals surface area contributed by atoms with Crippen molar-refractivity contribution < 1.29 is 9.63 Å². The zero-order chi connectivity index (χ0) is 11.4. The van der Waals surface area contributed by atoms with Gasteiger partial charge in [-0.2, -0.15) is 0 Å². The maximum absolute atomic E-state index is 9.41. The molecule has 0 bridgehead atoms. The molecule has 0 aliphatic carbocycles. The molecule has 2 aromatic rings. The maximum atomic E-state index is 9.41. The first-order valence-electron chi connectivity index (χ1n) is 5.24. The molecular formula is C12H14N2O2. The number of aromatic hydroxyl groups is 1. The van der Waals surface area contributed by atoms with Crippen LogP contribution in [0.5, 0.6) is 5.75 Å². The number of rotatable bonds is 4. The van der Waals surface area contributed by atoms with Crippen LogP contribution in [0.4, 0.5) is 0 Å². The molecule has 0 spiro atoms. The van der Waals surface area contributed by atoms with Crippen LogP contribution in [0.15, 0.2) is 35.1 Å². The van der Waals surface area contributed by atoms with Gasteiger partial charge in [-0.3, -0.25) is 0 Å². The average molecular weight is 218 g/mol. The SMILES string of the molecule is NCCCc1nocc1-c1cccc(O)c1. The number of hydrogen-bond acceptors (Lipinski definition) is 4. The van der Waals surface area contributed by atoms with Crippen molar-refractivity contribution >= 4 is 0 Å². The van der Waals surface area contributed by atoms with Gasteiger partial charge < -0.3 is 15.4 Å². The van der Waals surface area contributed by atoms with Crippen LogP contribution < -0.4 is 5.73 Å². The molecule has 0 aliphatic heterocycles. The molecule has 0 radical (unpaired) electrons. The standard InChI is InChI=1S/C12H14N2O2/c13-6-2-5-12-11(8-16-14-12)9-3-1-4-10(15)7-9/h1,3-4,7-8,15H,2,5-6,13H2. The molecule has 0 fully saturated rings. The van der Waals surface area contributed by atoms with Crippen LogP contribution in [0, 0.1) is 0 Å². The molecule has 0 amide bonds. The van der Waals surface area contributed by atoms with E-state index >= 15 is 0 Å². The first-order valence-corrected chi connectivity index (χ1v) is 5.24. The Labute approximate surface area is 93.7 Å². The highest BCUT2D eigenvalue weighted by molar-refractivity contribution is 5.66. The molecule has 1 aromatic carbocycles. The van der Waals surface area contributed by atoms with Crippen molar-refractivity contribution in [1.29, 1.82) is 0 Å². The van der Waals surface area contributed by atoms with Crippen LogP contribution in [0.25, 0.3) is 11.1 Å². The highest BCUT2D eigenvalue weighted by Crippen LogP contribution is 2.26. The van der Waals surface area contributed by atoms with Crippen molar-refractivity contribution in [2.24, 2.45) is 5.73 Å². The number of nitrogens with two attached hydrogens (primary N) is 1. The molecule has 84 valence electrons. The van der Waals surface area contributed by atoms with Crippen molar-refractivity contribution in [2.45, 2.75) is 12.8 Å². The minimum atomic E-state index is 0.239. The van der Waals surface area contributed by atoms with E-state index < -0.39 is 0 Å². The summed E-state index contributed by atoms with van der Waals surface area (Å²) in [5.74, 6) is 0.239. The molecule has 0 saturated heterocycles. The van der Waals surface area contributed by atoms with Gasteiger partial charge in [0.15, 0.2) is 0 Å². The average Bonchev–Trinajstić information content (AvgIpc) is 2.74. The van der Waals surface area contributed by atoms with Gasteiger partial charge in [0, 0.05) is 5.56 Å². The molecule has 1 aromatic heterocycles. The predicted molar refractivity (Wildman–Crippen MR) is 61.0 cm³/mol. The number of nitrogens with zero attached hydrogens (tertiary/aromatic N) is 1. The third-order valence-corrected chi connectivity index (χ3v) is 2.42. The van der Waals surface area contributed by atoms with Gasteiger partial charge in [-0.05, 0) is 37.1 Å². The summed E-state index contributed by atoms with van der Waals surface area (Å²) < 4.78 is 4.96. The first-order chi connectivity index (χ1) is 7.81. The monoisotopic (exact) mass is 218 g/mol. The Morgan fingerprint density at radius 3 is 3.00 bits per heavy atom. The number of aryl methyl sites for hydroxylation is 1. The smallest absolute Gasteiger partial charge is 0.131 e. The number of hydrogen-bond donors (Lipinski definition) is 2. The Morgan fingerprint density at radius 1 is 1.38 bits per heavy atom. The molecule has 0 unspecified atom stereocenters. The fraction of sp³-hybridized carbons (Fsp3) is 0.250. The second-order valence-electron chi connectivity index (χ2n) is 3.62. The van der Waals surface area contributed by atoms with Gasteiger partial charge in [-0.15, -0.1) is 0 Å². The Hall–Kier alpha value is -1.81.